The summed E-state index contributed by atoms with van der Waals surface area (Å²) in [6.45, 7) is 4.03. The molecule has 0 saturated carbocycles. The molecule has 1 aromatic rings. The zero-order chi connectivity index (χ0) is 10.0. The number of methoxy groups -OCH3 is 1. The first-order valence-corrected chi connectivity index (χ1v) is 4.71. The van der Waals surface area contributed by atoms with E-state index in [-0.39, 0.29) is 5.92 Å². The van der Waals surface area contributed by atoms with Crippen LogP contribution in [0.15, 0.2) is 6.20 Å². The number of nitrogens with zero attached hydrogens (tertiary/aromatic N) is 1. The Bertz CT molecular complexity index is 313. The fourth-order valence-electron chi connectivity index (χ4n) is 1.05. The standard InChI is InChI=1S/C9H11Cl2NO/c1-5(2)8-7(11)9(13-3)6(10)4-12-8/h4-5H,1-3H3. The second-order valence-electron chi connectivity index (χ2n) is 2.99. The Balaban J connectivity index is 3.27. The van der Waals surface area contributed by atoms with E-state index in [0.717, 1.165) is 5.69 Å². The molecule has 2 nitrogen and oxygen atoms in total. The van der Waals surface area contributed by atoms with Crippen molar-refractivity contribution in [2.75, 3.05) is 7.11 Å². The van der Waals surface area contributed by atoms with E-state index in [9.17, 15) is 0 Å². The van der Waals surface area contributed by atoms with E-state index in [1.807, 2.05) is 13.8 Å². The minimum absolute atomic E-state index is 0.263. The quantitative estimate of drug-likeness (QED) is 0.760. The van der Waals surface area contributed by atoms with Crippen LogP contribution in [-0.2, 0) is 0 Å². The molecule has 0 saturated heterocycles. The molecule has 72 valence electrons. The predicted molar refractivity (Wildman–Crippen MR) is 54.9 cm³/mol. The van der Waals surface area contributed by atoms with E-state index < -0.39 is 0 Å². The van der Waals surface area contributed by atoms with Crippen LogP contribution >= 0.6 is 23.2 Å². The summed E-state index contributed by atoms with van der Waals surface area (Å²) in [4.78, 5) is 4.14. The van der Waals surface area contributed by atoms with Crippen molar-refractivity contribution in [2.24, 2.45) is 0 Å². The summed E-state index contributed by atoms with van der Waals surface area (Å²) in [6.07, 6.45) is 1.56. The molecule has 0 aliphatic heterocycles. The molecular formula is C9H11Cl2NO. The van der Waals surface area contributed by atoms with Gasteiger partial charge in [-0.25, -0.2) is 0 Å². The molecule has 4 heteroatoms. The fourth-order valence-corrected chi connectivity index (χ4v) is 1.77. The van der Waals surface area contributed by atoms with Gasteiger partial charge in [0.05, 0.1) is 12.8 Å². The molecule has 1 heterocycles. The van der Waals surface area contributed by atoms with Crippen molar-refractivity contribution in [3.05, 3.63) is 21.9 Å². The van der Waals surface area contributed by atoms with Gasteiger partial charge in [0, 0.05) is 6.20 Å². The SMILES string of the molecule is COc1c(Cl)cnc(C(C)C)c1Cl. The lowest BCUT2D eigenvalue weighted by Crippen LogP contribution is -1.97. The third-order valence-corrected chi connectivity index (χ3v) is 2.34. The Morgan fingerprint density at radius 1 is 1.38 bits per heavy atom. The molecule has 1 aromatic heterocycles. The topological polar surface area (TPSA) is 22.1 Å². The van der Waals surface area contributed by atoms with Crippen molar-refractivity contribution in [3.8, 4) is 5.75 Å². The van der Waals surface area contributed by atoms with Gasteiger partial charge in [-0.15, -0.1) is 0 Å². The summed E-state index contributed by atoms with van der Waals surface area (Å²) < 4.78 is 5.06. The summed E-state index contributed by atoms with van der Waals surface area (Å²) in [6, 6.07) is 0. The number of rotatable bonds is 2. The second-order valence-corrected chi connectivity index (χ2v) is 3.78. The lowest BCUT2D eigenvalue weighted by atomic mass is 10.1. The van der Waals surface area contributed by atoms with Gasteiger partial charge >= 0.3 is 0 Å². The number of aromatic nitrogens is 1. The van der Waals surface area contributed by atoms with Crippen LogP contribution in [0.4, 0.5) is 0 Å². The predicted octanol–water partition coefficient (Wildman–Crippen LogP) is 3.52. The highest BCUT2D eigenvalue weighted by atomic mass is 35.5. The van der Waals surface area contributed by atoms with E-state index in [0.29, 0.717) is 15.8 Å². The Morgan fingerprint density at radius 3 is 2.46 bits per heavy atom. The minimum atomic E-state index is 0.263. The Kier molecular flexibility index (Phi) is 3.40. The molecule has 1 rings (SSSR count). The van der Waals surface area contributed by atoms with Crippen LogP contribution in [0.2, 0.25) is 10.0 Å². The van der Waals surface area contributed by atoms with Gasteiger partial charge < -0.3 is 4.74 Å². The molecule has 13 heavy (non-hydrogen) atoms. The maximum atomic E-state index is 6.04. The molecule has 0 atom stereocenters. The van der Waals surface area contributed by atoms with Crippen LogP contribution < -0.4 is 4.74 Å². The number of ether oxygens (including phenoxy) is 1. The molecule has 0 aliphatic carbocycles. The van der Waals surface area contributed by atoms with E-state index in [1.165, 1.54) is 7.11 Å². The van der Waals surface area contributed by atoms with Crippen LogP contribution in [0.1, 0.15) is 25.5 Å². The highest BCUT2D eigenvalue weighted by Gasteiger charge is 2.14. The van der Waals surface area contributed by atoms with E-state index in [4.69, 9.17) is 27.9 Å². The summed E-state index contributed by atoms with van der Waals surface area (Å²) in [7, 11) is 1.54. The van der Waals surface area contributed by atoms with Gasteiger partial charge in [0.1, 0.15) is 10.0 Å². The fraction of sp³-hybridized carbons (Fsp3) is 0.444. The lowest BCUT2D eigenvalue weighted by molar-refractivity contribution is 0.413. The molecule has 0 spiro atoms. The summed E-state index contributed by atoms with van der Waals surface area (Å²) in [5.74, 6) is 0.765. The maximum absolute atomic E-state index is 6.04. The summed E-state index contributed by atoms with van der Waals surface area (Å²) in [5, 5.41) is 0.946. The van der Waals surface area contributed by atoms with Gasteiger partial charge in [-0.2, -0.15) is 0 Å². The maximum Gasteiger partial charge on any atom is 0.159 e. The van der Waals surface area contributed by atoms with Gasteiger partial charge in [0.25, 0.3) is 0 Å². The van der Waals surface area contributed by atoms with E-state index >= 15 is 0 Å². The molecule has 0 fully saturated rings. The average Bonchev–Trinajstić information content (AvgIpc) is 2.04. The number of hydrogen-bond donors (Lipinski definition) is 0. The van der Waals surface area contributed by atoms with Gasteiger partial charge in [-0.1, -0.05) is 37.0 Å². The second kappa shape index (κ2) is 4.16. The Morgan fingerprint density at radius 2 is 2.00 bits per heavy atom. The summed E-state index contributed by atoms with van der Waals surface area (Å²) in [5.41, 5.74) is 0.808. The van der Waals surface area contributed by atoms with Crippen molar-refractivity contribution >= 4 is 23.2 Å². The van der Waals surface area contributed by atoms with Crippen molar-refractivity contribution in [1.82, 2.24) is 4.98 Å². The van der Waals surface area contributed by atoms with Crippen LogP contribution in [0.5, 0.6) is 5.75 Å². The van der Waals surface area contributed by atoms with Crippen LogP contribution in [0.3, 0.4) is 0 Å². The molecule has 0 amide bonds. The molecule has 0 aromatic carbocycles. The smallest absolute Gasteiger partial charge is 0.159 e. The highest BCUT2D eigenvalue weighted by molar-refractivity contribution is 6.37. The monoisotopic (exact) mass is 219 g/mol. The minimum Gasteiger partial charge on any atom is -0.493 e. The van der Waals surface area contributed by atoms with Gasteiger partial charge in [-0.3, -0.25) is 4.98 Å². The van der Waals surface area contributed by atoms with E-state index in [1.54, 1.807) is 6.20 Å². The van der Waals surface area contributed by atoms with Gasteiger partial charge in [0.15, 0.2) is 5.75 Å². The molecule has 0 radical (unpaired) electrons. The Labute approximate surface area is 87.8 Å². The first kappa shape index (κ1) is 10.6. The number of pyridine rings is 1. The van der Waals surface area contributed by atoms with Crippen LogP contribution in [0.25, 0.3) is 0 Å². The van der Waals surface area contributed by atoms with Gasteiger partial charge in [-0.05, 0) is 5.92 Å². The molecule has 0 aliphatic rings. The molecular weight excluding hydrogens is 209 g/mol. The van der Waals surface area contributed by atoms with Crippen molar-refractivity contribution in [2.45, 2.75) is 19.8 Å². The number of halogens is 2. The third kappa shape index (κ3) is 2.06. The third-order valence-electron chi connectivity index (χ3n) is 1.71. The van der Waals surface area contributed by atoms with E-state index in [2.05, 4.69) is 4.98 Å². The molecule has 0 unspecified atom stereocenters. The number of hydrogen-bond acceptors (Lipinski definition) is 2. The van der Waals surface area contributed by atoms with Crippen molar-refractivity contribution in [3.63, 3.8) is 0 Å². The molecule has 0 bridgehead atoms. The van der Waals surface area contributed by atoms with Crippen LogP contribution in [-0.4, -0.2) is 12.1 Å². The zero-order valence-corrected chi connectivity index (χ0v) is 9.28. The average molecular weight is 220 g/mol. The highest BCUT2D eigenvalue weighted by Crippen LogP contribution is 2.36. The first-order valence-electron chi connectivity index (χ1n) is 3.95. The zero-order valence-electron chi connectivity index (χ0n) is 7.77. The Hall–Kier alpha value is -0.470. The summed E-state index contributed by atoms with van der Waals surface area (Å²) >= 11 is 11.9. The van der Waals surface area contributed by atoms with Crippen LogP contribution in [0, 0.1) is 0 Å². The largest absolute Gasteiger partial charge is 0.493 e. The van der Waals surface area contributed by atoms with Crippen molar-refractivity contribution < 1.29 is 4.74 Å². The molecule has 0 N–H and O–H groups in total. The van der Waals surface area contributed by atoms with Gasteiger partial charge in [0.2, 0.25) is 0 Å². The van der Waals surface area contributed by atoms with Crippen molar-refractivity contribution in [1.29, 1.82) is 0 Å². The lowest BCUT2D eigenvalue weighted by Gasteiger charge is -2.11. The normalized spacial score (nSPS) is 10.6. The first-order chi connectivity index (χ1) is 6.07.